The molecule has 0 saturated carbocycles. The standard InChI is InChI=1S/2C18H41N7/c2*19-17(20)24-15-11-7-3-1-5-9-13-23-14-10-6-2-4-8-12-16-25-18(21)22/h2*23H,1-16H2,(H4,19,20,24)(H4,21,22,25). The normalized spacial score (nSPS) is 10.6. The number of rotatable bonds is 36. The van der Waals surface area contributed by atoms with E-state index in [0.29, 0.717) is 0 Å². The molecule has 18 N–H and O–H groups in total. The quantitative estimate of drug-likeness (QED) is 0.0252. The third-order valence-electron chi connectivity index (χ3n) is 8.30. The molecule has 0 spiro atoms. The zero-order valence-corrected chi connectivity index (χ0v) is 32.0. The number of hydrogen-bond donors (Lipinski definition) is 12. The van der Waals surface area contributed by atoms with Crippen LogP contribution in [0.2, 0.25) is 0 Å². The Morgan fingerprint density at radius 2 is 0.540 bits per heavy atom. The molecular formula is C36H82N14. The summed E-state index contributed by atoms with van der Waals surface area (Å²) in [5, 5.41) is 26.9. The zero-order valence-electron chi connectivity index (χ0n) is 32.0. The van der Waals surface area contributed by atoms with Gasteiger partial charge in [-0.1, -0.05) is 103 Å². The molecule has 0 aromatic rings. The van der Waals surface area contributed by atoms with Crippen LogP contribution in [-0.2, 0) is 0 Å². The van der Waals surface area contributed by atoms with E-state index >= 15 is 0 Å². The van der Waals surface area contributed by atoms with E-state index in [9.17, 15) is 0 Å². The molecule has 0 aliphatic heterocycles. The Kier molecular flexibility index (Phi) is 41.4. The van der Waals surface area contributed by atoms with E-state index in [2.05, 4.69) is 31.3 Å². The van der Waals surface area contributed by atoms with Gasteiger partial charge in [0.2, 0.25) is 0 Å². The number of nitrogens with two attached hydrogens (primary N) is 6. The maximum Gasteiger partial charge on any atom is 0.185 e. The Bertz CT molecular complexity index is 719. The lowest BCUT2D eigenvalue weighted by Crippen LogP contribution is -2.30. The highest BCUT2D eigenvalue weighted by atomic mass is 15.0. The number of nitrogens with one attached hydrogen (secondary N) is 6. The van der Waals surface area contributed by atoms with Crippen LogP contribution in [0.15, 0.2) is 9.98 Å². The minimum Gasteiger partial charge on any atom is -0.370 e. The molecule has 0 aromatic heterocycles. The van der Waals surface area contributed by atoms with Crippen LogP contribution >= 0.6 is 0 Å². The average molecular weight is 711 g/mol. The summed E-state index contributed by atoms with van der Waals surface area (Å²) in [4.78, 5) is 7.97. The molecule has 0 aliphatic carbocycles. The van der Waals surface area contributed by atoms with Gasteiger partial charge in [-0.3, -0.25) is 20.8 Å². The lowest BCUT2D eigenvalue weighted by molar-refractivity contribution is 0.539. The fourth-order valence-corrected chi connectivity index (χ4v) is 5.41. The van der Waals surface area contributed by atoms with Crippen LogP contribution in [0.25, 0.3) is 0 Å². The summed E-state index contributed by atoms with van der Waals surface area (Å²) in [6.07, 6.45) is 29.9. The Morgan fingerprint density at radius 3 is 0.780 bits per heavy atom. The van der Waals surface area contributed by atoms with Crippen LogP contribution in [0.5, 0.6) is 0 Å². The van der Waals surface area contributed by atoms with Crippen molar-refractivity contribution in [1.82, 2.24) is 21.3 Å². The molecule has 0 heterocycles. The minimum absolute atomic E-state index is 0.0777. The molecule has 0 unspecified atom stereocenters. The molecule has 14 heteroatoms. The largest absolute Gasteiger partial charge is 0.370 e. The van der Waals surface area contributed by atoms with E-state index in [-0.39, 0.29) is 23.8 Å². The molecule has 0 bridgehead atoms. The van der Waals surface area contributed by atoms with Crippen LogP contribution in [0.4, 0.5) is 0 Å². The fraction of sp³-hybridized carbons (Fsp3) is 0.889. The van der Waals surface area contributed by atoms with E-state index < -0.39 is 0 Å². The average Bonchev–Trinajstić information content (AvgIpc) is 3.06. The first-order valence-electron chi connectivity index (χ1n) is 19.9. The number of nitrogens with zero attached hydrogens (tertiary/aromatic N) is 2. The molecule has 0 rings (SSSR count). The van der Waals surface area contributed by atoms with Crippen molar-refractivity contribution in [2.24, 2.45) is 44.4 Å². The summed E-state index contributed by atoms with van der Waals surface area (Å²) in [5.41, 5.74) is 31.6. The van der Waals surface area contributed by atoms with Crippen molar-refractivity contribution >= 4 is 23.8 Å². The van der Waals surface area contributed by atoms with E-state index in [1.165, 1.54) is 128 Å². The summed E-state index contributed by atoms with van der Waals surface area (Å²) in [6.45, 7) is 7.75. The first-order valence-corrected chi connectivity index (χ1v) is 19.9. The fourth-order valence-electron chi connectivity index (χ4n) is 5.41. The Labute approximate surface area is 306 Å². The van der Waals surface area contributed by atoms with Crippen LogP contribution in [0, 0.1) is 10.8 Å². The molecule has 0 atom stereocenters. The molecule has 0 saturated heterocycles. The third-order valence-corrected chi connectivity index (χ3v) is 8.30. The molecule has 50 heavy (non-hydrogen) atoms. The summed E-state index contributed by atoms with van der Waals surface area (Å²) in [7, 11) is 0. The second-order valence-corrected chi connectivity index (χ2v) is 13.3. The van der Waals surface area contributed by atoms with Gasteiger partial charge in [0.1, 0.15) is 0 Å². The van der Waals surface area contributed by atoms with Gasteiger partial charge in [-0.05, 0) is 77.5 Å². The van der Waals surface area contributed by atoms with Crippen molar-refractivity contribution in [2.45, 2.75) is 154 Å². The highest BCUT2D eigenvalue weighted by Crippen LogP contribution is 2.08. The molecule has 0 aliphatic rings. The molecule has 0 fully saturated rings. The van der Waals surface area contributed by atoms with Gasteiger partial charge in [0.15, 0.2) is 23.8 Å². The molecular weight excluding hydrogens is 628 g/mol. The number of unbranched alkanes of at least 4 members (excludes halogenated alkanes) is 20. The zero-order chi connectivity index (χ0) is 37.2. The van der Waals surface area contributed by atoms with Gasteiger partial charge < -0.3 is 55.7 Å². The SMILES string of the molecule is N=C(N)NCCCCCCCCNCCCCCCCCN=C(N)N.N=C(N)NCCCCCCCCNCCCCCCCCN=C(N)N. The van der Waals surface area contributed by atoms with Crippen molar-refractivity contribution < 1.29 is 0 Å². The van der Waals surface area contributed by atoms with Crippen molar-refractivity contribution in [3.05, 3.63) is 0 Å². The summed E-state index contributed by atoms with van der Waals surface area (Å²) in [6, 6.07) is 0. The lowest BCUT2D eigenvalue weighted by Gasteiger charge is -2.06. The molecule has 296 valence electrons. The smallest absolute Gasteiger partial charge is 0.185 e. The Morgan fingerprint density at radius 1 is 0.320 bits per heavy atom. The van der Waals surface area contributed by atoms with Crippen LogP contribution in [0.1, 0.15) is 154 Å². The van der Waals surface area contributed by atoms with Gasteiger partial charge in [-0.2, -0.15) is 0 Å². The predicted molar refractivity (Wildman–Crippen MR) is 218 cm³/mol. The van der Waals surface area contributed by atoms with Crippen LogP contribution in [-0.4, -0.2) is 76.2 Å². The van der Waals surface area contributed by atoms with Crippen molar-refractivity contribution in [2.75, 3.05) is 52.4 Å². The Balaban J connectivity index is 0. The number of hydrogen-bond acceptors (Lipinski definition) is 6. The molecule has 14 nitrogen and oxygen atoms in total. The first kappa shape index (κ1) is 49.1. The van der Waals surface area contributed by atoms with Gasteiger partial charge in [-0.25, -0.2) is 0 Å². The van der Waals surface area contributed by atoms with Crippen molar-refractivity contribution in [3.8, 4) is 0 Å². The maximum absolute atomic E-state index is 7.05. The van der Waals surface area contributed by atoms with Gasteiger partial charge in [-0.15, -0.1) is 0 Å². The predicted octanol–water partition coefficient (Wildman–Crippen LogP) is 4.03. The minimum atomic E-state index is 0.0777. The topological polar surface area (TPSA) is 277 Å². The Hall–Kier alpha value is -3.00. The van der Waals surface area contributed by atoms with Crippen LogP contribution < -0.4 is 55.7 Å². The van der Waals surface area contributed by atoms with Crippen molar-refractivity contribution in [1.29, 1.82) is 10.8 Å². The highest BCUT2D eigenvalue weighted by molar-refractivity contribution is 5.76. The van der Waals surface area contributed by atoms with Gasteiger partial charge in [0, 0.05) is 26.2 Å². The molecule has 0 radical (unpaired) electrons. The van der Waals surface area contributed by atoms with Gasteiger partial charge >= 0.3 is 0 Å². The summed E-state index contributed by atoms with van der Waals surface area (Å²) >= 11 is 0. The molecule has 0 amide bonds. The van der Waals surface area contributed by atoms with E-state index in [1.807, 2.05) is 0 Å². The summed E-state index contributed by atoms with van der Waals surface area (Å²) < 4.78 is 0. The third kappa shape index (κ3) is 51.8. The second-order valence-electron chi connectivity index (χ2n) is 13.3. The van der Waals surface area contributed by atoms with Crippen LogP contribution in [0.3, 0.4) is 0 Å². The molecule has 0 aromatic carbocycles. The maximum atomic E-state index is 7.05. The van der Waals surface area contributed by atoms with E-state index in [0.717, 1.165) is 78.0 Å². The van der Waals surface area contributed by atoms with Crippen molar-refractivity contribution in [3.63, 3.8) is 0 Å². The van der Waals surface area contributed by atoms with E-state index in [4.69, 9.17) is 45.2 Å². The summed E-state index contributed by atoms with van der Waals surface area (Å²) in [5.74, 6) is 0.559. The van der Waals surface area contributed by atoms with Gasteiger partial charge in [0.05, 0.1) is 0 Å². The number of aliphatic imine (C=N–C) groups is 2. The monoisotopic (exact) mass is 711 g/mol. The highest BCUT2D eigenvalue weighted by Gasteiger charge is 1.96. The lowest BCUT2D eigenvalue weighted by atomic mass is 10.1. The van der Waals surface area contributed by atoms with Gasteiger partial charge in [0.25, 0.3) is 0 Å². The first-order chi connectivity index (χ1) is 24.3. The number of guanidine groups is 4. The second kappa shape index (κ2) is 42.2. The van der Waals surface area contributed by atoms with E-state index in [1.54, 1.807) is 0 Å².